The van der Waals surface area contributed by atoms with Crippen LogP contribution in [0.5, 0.6) is 0 Å². The van der Waals surface area contributed by atoms with Crippen LogP contribution in [0.15, 0.2) is 24.4 Å². The van der Waals surface area contributed by atoms with E-state index >= 15 is 0 Å². The van der Waals surface area contributed by atoms with Crippen molar-refractivity contribution in [1.82, 2.24) is 9.78 Å². The fourth-order valence-electron chi connectivity index (χ4n) is 2.80. The first-order valence-corrected chi connectivity index (χ1v) is 7.01. The molecule has 0 spiro atoms. The van der Waals surface area contributed by atoms with Crippen molar-refractivity contribution in [3.05, 3.63) is 52.3 Å². The molecule has 2 N–H and O–H groups in total. The quantitative estimate of drug-likeness (QED) is 0.896. The van der Waals surface area contributed by atoms with E-state index in [4.69, 9.17) is 5.73 Å². The maximum absolute atomic E-state index is 6.12. The van der Waals surface area contributed by atoms with E-state index in [1.54, 1.807) is 0 Å². The summed E-state index contributed by atoms with van der Waals surface area (Å²) in [6.45, 7) is 5.13. The van der Waals surface area contributed by atoms with Crippen LogP contribution >= 0.6 is 0 Å². The van der Waals surface area contributed by atoms with Crippen LogP contribution in [-0.4, -0.2) is 9.78 Å². The van der Waals surface area contributed by atoms with Crippen molar-refractivity contribution in [1.29, 1.82) is 0 Å². The first-order valence-electron chi connectivity index (χ1n) is 7.01. The summed E-state index contributed by atoms with van der Waals surface area (Å²) in [6.07, 6.45) is 5.54. The van der Waals surface area contributed by atoms with E-state index in [0.29, 0.717) is 0 Å². The summed E-state index contributed by atoms with van der Waals surface area (Å²) in [7, 11) is 0. The zero-order valence-electron chi connectivity index (χ0n) is 11.7. The Morgan fingerprint density at radius 1 is 1.32 bits per heavy atom. The zero-order valence-corrected chi connectivity index (χ0v) is 11.7. The van der Waals surface area contributed by atoms with Gasteiger partial charge in [-0.05, 0) is 55.4 Å². The van der Waals surface area contributed by atoms with E-state index in [-0.39, 0.29) is 6.04 Å². The van der Waals surface area contributed by atoms with Gasteiger partial charge < -0.3 is 5.73 Å². The lowest BCUT2D eigenvalue weighted by Crippen LogP contribution is -2.17. The predicted molar refractivity (Wildman–Crippen MR) is 77.1 cm³/mol. The Bertz CT molecular complexity index is 598. The number of nitrogens with two attached hydrogens (primary N) is 1. The molecule has 0 radical (unpaired) electrons. The van der Waals surface area contributed by atoms with Crippen molar-refractivity contribution < 1.29 is 0 Å². The molecule has 1 aromatic heterocycles. The van der Waals surface area contributed by atoms with Crippen LogP contribution in [0.4, 0.5) is 0 Å². The van der Waals surface area contributed by atoms with Crippen molar-refractivity contribution >= 4 is 0 Å². The molecule has 3 rings (SSSR count). The Hall–Kier alpha value is -1.61. The lowest BCUT2D eigenvalue weighted by molar-refractivity contribution is 0.549. The van der Waals surface area contributed by atoms with Crippen LogP contribution in [0.2, 0.25) is 0 Å². The molecule has 1 aliphatic carbocycles. The highest BCUT2D eigenvalue weighted by atomic mass is 15.3. The van der Waals surface area contributed by atoms with Crippen LogP contribution in [0.1, 0.15) is 46.8 Å². The van der Waals surface area contributed by atoms with Gasteiger partial charge in [0.2, 0.25) is 0 Å². The summed E-state index contributed by atoms with van der Waals surface area (Å²) in [5, 5.41) is 4.67. The predicted octanol–water partition coefficient (Wildman–Crippen LogP) is 2.88. The maximum atomic E-state index is 6.12. The molecular formula is C16H21N3. The Balaban J connectivity index is 1.85. The third-order valence-corrected chi connectivity index (χ3v) is 4.10. The van der Waals surface area contributed by atoms with Gasteiger partial charge in [-0.3, -0.25) is 4.68 Å². The molecule has 0 fully saturated rings. The molecule has 19 heavy (non-hydrogen) atoms. The Labute approximate surface area is 114 Å². The van der Waals surface area contributed by atoms with Crippen LogP contribution < -0.4 is 5.73 Å². The highest BCUT2D eigenvalue weighted by molar-refractivity contribution is 5.30. The van der Waals surface area contributed by atoms with E-state index < -0.39 is 0 Å². The summed E-state index contributed by atoms with van der Waals surface area (Å²) in [6, 6.07) is 6.74. The molecule has 100 valence electrons. The number of aryl methyl sites for hydroxylation is 3. The van der Waals surface area contributed by atoms with Gasteiger partial charge in [0.25, 0.3) is 0 Å². The van der Waals surface area contributed by atoms with E-state index in [2.05, 4.69) is 43.3 Å². The van der Waals surface area contributed by atoms with Crippen LogP contribution in [0.3, 0.4) is 0 Å². The smallest absolute Gasteiger partial charge is 0.0823 e. The second-order valence-corrected chi connectivity index (χ2v) is 5.65. The van der Waals surface area contributed by atoms with Gasteiger partial charge in [0.15, 0.2) is 0 Å². The van der Waals surface area contributed by atoms with Crippen LogP contribution in [0.25, 0.3) is 0 Å². The first-order chi connectivity index (χ1) is 9.13. The average molecular weight is 255 g/mol. The number of nitrogens with zero attached hydrogens (tertiary/aromatic N) is 2. The Morgan fingerprint density at radius 2 is 2.16 bits per heavy atom. The molecule has 0 saturated heterocycles. The van der Waals surface area contributed by atoms with E-state index in [1.165, 1.54) is 28.7 Å². The van der Waals surface area contributed by atoms with Gasteiger partial charge in [-0.2, -0.15) is 5.10 Å². The second kappa shape index (κ2) is 4.82. The Kier molecular flexibility index (Phi) is 3.15. The number of rotatable bonds is 2. The van der Waals surface area contributed by atoms with Gasteiger partial charge >= 0.3 is 0 Å². The summed E-state index contributed by atoms with van der Waals surface area (Å²) in [5.74, 6) is 0. The average Bonchev–Trinajstić information content (AvgIpc) is 2.78. The van der Waals surface area contributed by atoms with Crippen LogP contribution in [-0.2, 0) is 13.0 Å². The number of hydrogen-bond acceptors (Lipinski definition) is 2. The molecule has 3 nitrogen and oxygen atoms in total. The van der Waals surface area contributed by atoms with Gasteiger partial charge in [0, 0.05) is 12.2 Å². The molecular weight excluding hydrogens is 234 g/mol. The molecule has 0 saturated carbocycles. The lowest BCUT2D eigenvalue weighted by Gasteiger charge is -2.15. The molecule has 3 heteroatoms. The molecule has 0 amide bonds. The minimum Gasteiger partial charge on any atom is -0.323 e. The highest BCUT2D eigenvalue weighted by Gasteiger charge is 2.20. The Morgan fingerprint density at radius 3 is 2.89 bits per heavy atom. The molecule has 1 heterocycles. The monoisotopic (exact) mass is 255 g/mol. The summed E-state index contributed by atoms with van der Waals surface area (Å²) in [5.41, 5.74) is 12.5. The van der Waals surface area contributed by atoms with Crippen molar-refractivity contribution in [2.45, 2.75) is 45.7 Å². The lowest BCUT2D eigenvalue weighted by atomic mass is 9.95. The largest absolute Gasteiger partial charge is 0.323 e. The SMILES string of the molecule is Cc1ccc(Cn2cc3c(n2)C(N)CCC3)cc1C. The van der Waals surface area contributed by atoms with E-state index in [0.717, 1.165) is 25.1 Å². The van der Waals surface area contributed by atoms with Gasteiger partial charge in [-0.25, -0.2) is 0 Å². The fourth-order valence-corrected chi connectivity index (χ4v) is 2.80. The molecule has 0 bridgehead atoms. The summed E-state index contributed by atoms with van der Waals surface area (Å²) < 4.78 is 2.04. The normalized spacial score (nSPS) is 18.4. The molecule has 1 atom stereocenters. The minimum atomic E-state index is 0.129. The second-order valence-electron chi connectivity index (χ2n) is 5.65. The standard InChI is InChI=1S/C16H21N3/c1-11-6-7-13(8-12(11)2)9-19-10-14-4-3-5-15(17)16(14)18-19/h6-8,10,15H,3-5,9,17H2,1-2H3. The number of fused-ring (bicyclic) bond motifs is 1. The fraction of sp³-hybridized carbons (Fsp3) is 0.438. The minimum absolute atomic E-state index is 0.129. The topological polar surface area (TPSA) is 43.8 Å². The first kappa shape index (κ1) is 12.4. The van der Waals surface area contributed by atoms with Crippen molar-refractivity contribution in [3.8, 4) is 0 Å². The maximum Gasteiger partial charge on any atom is 0.0823 e. The molecule has 1 aromatic carbocycles. The molecule has 0 aliphatic heterocycles. The molecule has 1 aliphatic rings. The van der Waals surface area contributed by atoms with Gasteiger partial charge in [0.1, 0.15) is 0 Å². The van der Waals surface area contributed by atoms with E-state index in [1.807, 2.05) is 4.68 Å². The number of benzene rings is 1. The van der Waals surface area contributed by atoms with E-state index in [9.17, 15) is 0 Å². The zero-order chi connectivity index (χ0) is 13.4. The third kappa shape index (κ3) is 2.43. The molecule has 1 unspecified atom stereocenters. The number of hydrogen-bond donors (Lipinski definition) is 1. The third-order valence-electron chi connectivity index (χ3n) is 4.10. The van der Waals surface area contributed by atoms with Crippen molar-refractivity contribution in [2.24, 2.45) is 5.73 Å². The van der Waals surface area contributed by atoms with Crippen molar-refractivity contribution in [3.63, 3.8) is 0 Å². The van der Waals surface area contributed by atoms with Gasteiger partial charge in [-0.1, -0.05) is 18.2 Å². The number of aromatic nitrogens is 2. The summed E-state index contributed by atoms with van der Waals surface area (Å²) in [4.78, 5) is 0. The highest BCUT2D eigenvalue weighted by Crippen LogP contribution is 2.26. The summed E-state index contributed by atoms with van der Waals surface area (Å²) >= 11 is 0. The molecule has 2 aromatic rings. The van der Waals surface area contributed by atoms with Crippen molar-refractivity contribution in [2.75, 3.05) is 0 Å². The van der Waals surface area contributed by atoms with Gasteiger partial charge in [0.05, 0.1) is 12.2 Å². The van der Waals surface area contributed by atoms with Gasteiger partial charge in [-0.15, -0.1) is 0 Å². The van der Waals surface area contributed by atoms with Crippen LogP contribution in [0, 0.1) is 13.8 Å².